The first-order valence-corrected chi connectivity index (χ1v) is 11.5. The summed E-state index contributed by atoms with van der Waals surface area (Å²) < 4.78 is 5.95. The molecule has 0 spiro atoms. The maximum Gasteiger partial charge on any atom is 0.195 e. The van der Waals surface area contributed by atoms with Gasteiger partial charge in [-0.3, -0.25) is 0 Å². The van der Waals surface area contributed by atoms with Crippen molar-refractivity contribution in [2.24, 2.45) is 5.92 Å². The summed E-state index contributed by atoms with van der Waals surface area (Å²) in [7, 11) is 0. The highest BCUT2D eigenvalue weighted by Gasteiger charge is 2.23. The third-order valence-corrected chi connectivity index (χ3v) is 6.65. The fourth-order valence-corrected chi connectivity index (χ4v) is 4.88. The average Bonchev–Trinajstić information content (AvgIpc) is 3.24. The number of rotatable bonds is 7. The van der Waals surface area contributed by atoms with Crippen molar-refractivity contribution < 1.29 is 4.42 Å². The van der Waals surface area contributed by atoms with E-state index in [0.717, 1.165) is 36.4 Å². The van der Waals surface area contributed by atoms with Gasteiger partial charge in [-0.15, -0.1) is 0 Å². The van der Waals surface area contributed by atoms with Crippen molar-refractivity contribution in [1.82, 2.24) is 9.88 Å². The van der Waals surface area contributed by atoms with Crippen LogP contribution >= 0.6 is 0 Å². The molecule has 0 N–H and O–H groups in total. The molecule has 0 unspecified atom stereocenters. The van der Waals surface area contributed by atoms with Gasteiger partial charge in [-0.05, 0) is 68.1 Å². The van der Waals surface area contributed by atoms with Crippen molar-refractivity contribution in [3.63, 3.8) is 0 Å². The lowest BCUT2D eigenvalue weighted by Gasteiger charge is -2.32. The second-order valence-corrected chi connectivity index (χ2v) is 8.73. The quantitative estimate of drug-likeness (QED) is 0.358. The predicted octanol–water partition coefficient (Wildman–Crippen LogP) is 6.30. The van der Waals surface area contributed by atoms with E-state index in [0.29, 0.717) is 11.8 Å². The van der Waals surface area contributed by atoms with Gasteiger partial charge in [0.15, 0.2) is 11.5 Å². The molecule has 31 heavy (non-hydrogen) atoms. The lowest BCUT2D eigenvalue weighted by atomic mass is 9.87. The third kappa shape index (κ3) is 4.88. The van der Waals surface area contributed by atoms with Gasteiger partial charge in [-0.1, -0.05) is 72.8 Å². The van der Waals surface area contributed by atoms with Crippen LogP contribution in [-0.2, 0) is 6.42 Å². The zero-order valence-corrected chi connectivity index (χ0v) is 18.0. The van der Waals surface area contributed by atoms with Gasteiger partial charge >= 0.3 is 0 Å². The molecular weight excluding hydrogens is 380 g/mol. The van der Waals surface area contributed by atoms with Gasteiger partial charge in [-0.2, -0.15) is 0 Å². The second-order valence-electron chi connectivity index (χ2n) is 8.73. The molecule has 1 aromatic heterocycles. The molecule has 2 heterocycles. The van der Waals surface area contributed by atoms with Crippen molar-refractivity contribution in [1.29, 1.82) is 0 Å². The van der Waals surface area contributed by atoms with Gasteiger partial charge < -0.3 is 9.32 Å². The zero-order chi connectivity index (χ0) is 20.9. The summed E-state index contributed by atoms with van der Waals surface area (Å²) in [4.78, 5) is 7.31. The molecular formula is C28H30N2O. The Kier molecular flexibility index (Phi) is 6.13. The Morgan fingerprint density at radius 1 is 0.806 bits per heavy atom. The molecule has 3 heteroatoms. The average molecular weight is 411 g/mol. The summed E-state index contributed by atoms with van der Waals surface area (Å²) in [6.07, 6.45) is 4.56. The molecule has 3 aromatic carbocycles. The first-order chi connectivity index (χ1) is 15.3. The Morgan fingerprint density at radius 3 is 2.06 bits per heavy atom. The minimum atomic E-state index is 0.458. The van der Waals surface area contributed by atoms with Crippen molar-refractivity contribution in [2.45, 2.75) is 31.6 Å². The summed E-state index contributed by atoms with van der Waals surface area (Å²) in [6, 6.07) is 30.0. The highest BCUT2D eigenvalue weighted by Crippen LogP contribution is 2.29. The monoisotopic (exact) mass is 410 g/mol. The maximum absolute atomic E-state index is 5.95. The van der Waals surface area contributed by atoms with Crippen LogP contribution in [0.2, 0.25) is 0 Å². The number of hydrogen-bond acceptors (Lipinski definition) is 3. The number of piperidine rings is 1. The van der Waals surface area contributed by atoms with E-state index in [1.807, 2.05) is 24.3 Å². The number of fused-ring (bicyclic) bond motifs is 1. The van der Waals surface area contributed by atoms with E-state index in [-0.39, 0.29) is 0 Å². The number of hydrogen-bond donors (Lipinski definition) is 0. The SMILES string of the molecule is c1ccc(C(CCN2CCC(Cc3nc4ccccc4o3)CC2)c2ccccc2)cc1. The summed E-state index contributed by atoms with van der Waals surface area (Å²) in [5.41, 5.74) is 4.71. The summed E-state index contributed by atoms with van der Waals surface area (Å²) in [6.45, 7) is 3.48. The van der Waals surface area contributed by atoms with Gasteiger partial charge in [0.1, 0.15) is 5.52 Å². The number of aromatic nitrogens is 1. The highest BCUT2D eigenvalue weighted by molar-refractivity contribution is 5.72. The van der Waals surface area contributed by atoms with Crippen LogP contribution in [0.5, 0.6) is 0 Å². The maximum atomic E-state index is 5.95. The molecule has 158 valence electrons. The van der Waals surface area contributed by atoms with Crippen LogP contribution in [0, 0.1) is 5.92 Å². The third-order valence-electron chi connectivity index (χ3n) is 6.65. The number of benzene rings is 3. The standard InChI is InChI=1S/C28H30N2O/c1-3-9-23(10-4-1)25(24-11-5-2-6-12-24)17-20-30-18-15-22(16-19-30)21-28-29-26-13-7-8-14-27(26)31-28/h1-14,22,25H,15-21H2. The molecule has 4 aromatic rings. The summed E-state index contributed by atoms with van der Waals surface area (Å²) in [5.74, 6) is 2.02. The topological polar surface area (TPSA) is 29.3 Å². The first-order valence-electron chi connectivity index (χ1n) is 11.5. The van der Waals surface area contributed by atoms with Crippen molar-refractivity contribution in [2.75, 3.05) is 19.6 Å². The minimum absolute atomic E-state index is 0.458. The molecule has 0 saturated carbocycles. The molecule has 1 aliphatic rings. The molecule has 0 aliphatic carbocycles. The van der Waals surface area contributed by atoms with Crippen LogP contribution < -0.4 is 0 Å². The van der Waals surface area contributed by atoms with Crippen molar-refractivity contribution in [3.05, 3.63) is 102 Å². The lowest BCUT2D eigenvalue weighted by Crippen LogP contribution is -2.35. The molecule has 1 aliphatic heterocycles. The predicted molar refractivity (Wildman–Crippen MR) is 126 cm³/mol. The van der Waals surface area contributed by atoms with Gasteiger partial charge in [0.05, 0.1) is 0 Å². The van der Waals surface area contributed by atoms with Crippen LogP contribution in [0.25, 0.3) is 11.1 Å². The Morgan fingerprint density at radius 2 is 1.42 bits per heavy atom. The number of oxazole rings is 1. The Hall–Kier alpha value is -2.91. The highest BCUT2D eigenvalue weighted by atomic mass is 16.3. The van der Waals surface area contributed by atoms with E-state index in [1.165, 1.54) is 37.1 Å². The van der Waals surface area contributed by atoms with Crippen LogP contribution in [0.3, 0.4) is 0 Å². The van der Waals surface area contributed by atoms with Crippen molar-refractivity contribution >= 4 is 11.1 Å². The minimum Gasteiger partial charge on any atom is -0.441 e. The van der Waals surface area contributed by atoms with Gasteiger partial charge in [-0.25, -0.2) is 4.98 Å². The second kappa shape index (κ2) is 9.49. The van der Waals surface area contributed by atoms with Crippen LogP contribution in [0.15, 0.2) is 89.3 Å². The number of nitrogens with zero attached hydrogens (tertiary/aromatic N) is 2. The summed E-state index contributed by atoms with van der Waals surface area (Å²) >= 11 is 0. The van der Waals surface area contributed by atoms with Crippen LogP contribution in [-0.4, -0.2) is 29.5 Å². The van der Waals surface area contributed by atoms with E-state index < -0.39 is 0 Å². The molecule has 1 fully saturated rings. The smallest absolute Gasteiger partial charge is 0.195 e. The van der Waals surface area contributed by atoms with Gasteiger partial charge in [0.2, 0.25) is 0 Å². The molecule has 5 rings (SSSR count). The molecule has 0 radical (unpaired) electrons. The van der Waals surface area contributed by atoms with E-state index in [9.17, 15) is 0 Å². The number of para-hydroxylation sites is 2. The Bertz CT molecular complexity index is 1010. The molecule has 1 saturated heterocycles. The van der Waals surface area contributed by atoms with E-state index >= 15 is 0 Å². The lowest BCUT2D eigenvalue weighted by molar-refractivity contribution is 0.176. The molecule has 0 amide bonds. The van der Waals surface area contributed by atoms with E-state index in [2.05, 4.69) is 70.5 Å². The largest absolute Gasteiger partial charge is 0.441 e. The molecule has 0 atom stereocenters. The first kappa shape index (κ1) is 20.0. The molecule has 0 bridgehead atoms. The zero-order valence-electron chi connectivity index (χ0n) is 18.0. The van der Waals surface area contributed by atoms with Crippen molar-refractivity contribution in [3.8, 4) is 0 Å². The van der Waals surface area contributed by atoms with Gasteiger partial charge in [0, 0.05) is 12.3 Å². The van der Waals surface area contributed by atoms with Gasteiger partial charge in [0.25, 0.3) is 0 Å². The normalized spacial score (nSPS) is 15.6. The Labute approximate surface area is 184 Å². The van der Waals surface area contributed by atoms with Crippen LogP contribution in [0.4, 0.5) is 0 Å². The van der Waals surface area contributed by atoms with Crippen LogP contribution in [0.1, 0.15) is 42.2 Å². The fraction of sp³-hybridized carbons (Fsp3) is 0.321. The number of likely N-dealkylation sites (tertiary alicyclic amines) is 1. The fourth-order valence-electron chi connectivity index (χ4n) is 4.88. The van der Waals surface area contributed by atoms with E-state index in [1.54, 1.807) is 0 Å². The summed E-state index contributed by atoms with van der Waals surface area (Å²) in [5, 5.41) is 0. The van der Waals surface area contributed by atoms with E-state index in [4.69, 9.17) is 4.42 Å². The Balaban J connectivity index is 1.17. The molecule has 3 nitrogen and oxygen atoms in total.